The number of aromatic hydroxyl groups is 1. The van der Waals surface area contributed by atoms with Crippen LogP contribution in [-0.2, 0) is 6.42 Å². The molecular formula is C14H16N4O2. The quantitative estimate of drug-likeness (QED) is 0.324. The SMILES string of the molecule is ON=Cc1nc(CCCNc2ccncc2)ccc1O. The van der Waals surface area contributed by atoms with Gasteiger partial charge in [-0.1, -0.05) is 5.16 Å². The molecule has 2 heterocycles. The number of oxime groups is 1. The van der Waals surface area contributed by atoms with Crippen LogP contribution >= 0.6 is 0 Å². The summed E-state index contributed by atoms with van der Waals surface area (Å²) in [6, 6.07) is 7.13. The van der Waals surface area contributed by atoms with Gasteiger partial charge in [-0.25, -0.2) is 4.98 Å². The number of pyridine rings is 2. The second kappa shape index (κ2) is 7.08. The molecule has 2 rings (SSSR count). The van der Waals surface area contributed by atoms with Gasteiger partial charge in [0, 0.05) is 30.3 Å². The minimum Gasteiger partial charge on any atom is -0.506 e. The van der Waals surface area contributed by atoms with Gasteiger partial charge in [0.25, 0.3) is 0 Å². The molecule has 0 aliphatic carbocycles. The molecule has 0 saturated carbocycles. The van der Waals surface area contributed by atoms with Gasteiger partial charge >= 0.3 is 0 Å². The van der Waals surface area contributed by atoms with Gasteiger partial charge in [0.05, 0.1) is 6.21 Å². The Labute approximate surface area is 116 Å². The van der Waals surface area contributed by atoms with Crippen LogP contribution in [-0.4, -0.2) is 33.0 Å². The molecule has 6 nitrogen and oxygen atoms in total. The Bertz CT molecular complexity index is 573. The number of aromatic nitrogens is 2. The van der Waals surface area contributed by atoms with E-state index in [1.54, 1.807) is 24.5 Å². The second-order valence-corrected chi connectivity index (χ2v) is 4.22. The van der Waals surface area contributed by atoms with Crippen LogP contribution in [0.2, 0.25) is 0 Å². The molecule has 0 aliphatic rings. The summed E-state index contributed by atoms with van der Waals surface area (Å²) in [4.78, 5) is 8.16. The molecular weight excluding hydrogens is 256 g/mol. The lowest BCUT2D eigenvalue weighted by atomic mass is 10.2. The van der Waals surface area contributed by atoms with Crippen molar-refractivity contribution < 1.29 is 10.3 Å². The van der Waals surface area contributed by atoms with Crippen molar-refractivity contribution in [2.45, 2.75) is 12.8 Å². The number of nitrogens with zero attached hydrogens (tertiary/aromatic N) is 3. The summed E-state index contributed by atoms with van der Waals surface area (Å²) in [6.07, 6.45) is 6.27. The van der Waals surface area contributed by atoms with Gasteiger partial charge in [0.15, 0.2) is 0 Å². The fourth-order valence-electron chi connectivity index (χ4n) is 1.77. The number of anilines is 1. The average Bonchev–Trinajstić information content (AvgIpc) is 2.48. The van der Waals surface area contributed by atoms with Gasteiger partial charge in [-0.05, 0) is 37.1 Å². The summed E-state index contributed by atoms with van der Waals surface area (Å²) >= 11 is 0. The Hall–Kier alpha value is -2.63. The Kier molecular flexibility index (Phi) is 4.88. The molecule has 0 saturated heterocycles. The standard InChI is InChI=1S/C14H16N4O2/c19-14-4-3-12(18-13(14)10-17-20)2-1-7-16-11-5-8-15-9-6-11/h3-6,8-10,19-20H,1-2,7H2,(H,15,16). The van der Waals surface area contributed by atoms with E-state index in [0.29, 0.717) is 0 Å². The third-order valence-electron chi connectivity index (χ3n) is 2.76. The van der Waals surface area contributed by atoms with Crippen molar-refractivity contribution in [3.05, 3.63) is 48.0 Å². The highest BCUT2D eigenvalue weighted by atomic mass is 16.4. The molecule has 0 radical (unpaired) electrons. The summed E-state index contributed by atoms with van der Waals surface area (Å²) in [5.74, 6) is 0.00135. The van der Waals surface area contributed by atoms with Gasteiger partial charge in [-0.2, -0.15) is 0 Å². The molecule has 104 valence electrons. The molecule has 6 heteroatoms. The Morgan fingerprint density at radius 3 is 2.75 bits per heavy atom. The molecule has 0 fully saturated rings. The maximum atomic E-state index is 9.50. The highest BCUT2D eigenvalue weighted by Gasteiger charge is 2.02. The summed E-state index contributed by atoms with van der Waals surface area (Å²) in [5, 5.41) is 24.1. The summed E-state index contributed by atoms with van der Waals surface area (Å²) in [5.41, 5.74) is 2.15. The van der Waals surface area contributed by atoms with Crippen molar-refractivity contribution in [2.75, 3.05) is 11.9 Å². The zero-order valence-corrected chi connectivity index (χ0v) is 10.9. The molecule has 0 atom stereocenters. The molecule has 2 aromatic heterocycles. The zero-order chi connectivity index (χ0) is 14.2. The number of aryl methyl sites for hydroxylation is 1. The monoisotopic (exact) mass is 272 g/mol. The van der Waals surface area contributed by atoms with Crippen LogP contribution < -0.4 is 5.32 Å². The average molecular weight is 272 g/mol. The van der Waals surface area contributed by atoms with Crippen molar-refractivity contribution in [1.82, 2.24) is 9.97 Å². The van der Waals surface area contributed by atoms with E-state index in [2.05, 4.69) is 20.4 Å². The summed E-state index contributed by atoms with van der Waals surface area (Å²) in [7, 11) is 0. The lowest BCUT2D eigenvalue weighted by Gasteiger charge is -2.06. The molecule has 0 aromatic carbocycles. The number of nitrogens with one attached hydrogen (secondary N) is 1. The van der Waals surface area contributed by atoms with Gasteiger partial charge in [-0.3, -0.25) is 4.98 Å². The predicted octanol–water partition coefficient (Wildman–Crippen LogP) is 2.03. The fraction of sp³-hybridized carbons (Fsp3) is 0.214. The van der Waals surface area contributed by atoms with Gasteiger partial charge in [0.1, 0.15) is 11.4 Å². The highest BCUT2D eigenvalue weighted by molar-refractivity contribution is 5.80. The van der Waals surface area contributed by atoms with E-state index in [-0.39, 0.29) is 11.4 Å². The molecule has 2 aromatic rings. The van der Waals surface area contributed by atoms with Gasteiger partial charge in [0.2, 0.25) is 0 Å². The minimum atomic E-state index is 0.00135. The summed E-state index contributed by atoms with van der Waals surface area (Å²) in [6.45, 7) is 0.815. The molecule has 0 spiro atoms. The molecule has 0 bridgehead atoms. The Morgan fingerprint density at radius 2 is 2.00 bits per heavy atom. The first-order valence-corrected chi connectivity index (χ1v) is 6.30. The highest BCUT2D eigenvalue weighted by Crippen LogP contribution is 2.14. The van der Waals surface area contributed by atoms with Crippen LogP contribution in [0.1, 0.15) is 17.8 Å². The van der Waals surface area contributed by atoms with E-state index >= 15 is 0 Å². The van der Waals surface area contributed by atoms with E-state index in [9.17, 15) is 5.11 Å². The van der Waals surface area contributed by atoms with Crippen LogP contribution in [0, 0.1) is 0 Å². The molecule has 0 unspecified atom stereocenters. The molecule has 20 heavy (non-hydrogen) atoms. The second-order valence-electron chi connectivity index (χ2n) is 4.22. The normalized spacial score (nSPS) is 10.8. The van der Waals surface area contributed by atoms with E-state index in [1.807, 2.05) is 12.1 Å². The Balaban J connectivity index is 1.84. The topological polar surface area (TPSA) is 90.6 Å². The van der Waals surface area contributed by atoms with Crippen LogP contribution in [0.5, 0.6) is 5.75 Å². The number of hydrogen-bond acceptors (Lipinski definition) is 6. The van der Waals surface area contributed by atoms with Gasteiger partial charge < -0.3 is 15.6 Å². The zero-order valence-electron chi connectivity index (χ0n) is 10.9. The largest absolute Gasteiger partial charge is 0.506 e. The van der Waals surface area contributed by atoms with Crippen molar-refractivity contribution >= 4 is 11.9 Å². The van der Waals surface area contributed by atoms with Crippen molar-refractivity contribution in [3.8, 4) is 5.75 Å². The van der Waals surface area contributed by atoms with Crippen LogP contribution in [0.4, 0.5) is 5.69 Å². The fourth-order valence-corrected chi connectivity index (χ4v) is 1.77. The lowest BCUT2D eigenvalue weighted by molar-refractivity contribution is 0.321. The smallest absolute Gasteiger partial charge is 0.142 e. The summed E-state index contributed by atoms with van der Waals surface area (Å²) < 4.78 is 0. The molecule has 0 aliphatic heterocycles. The third kappa shape index (κ3) is 3.94. The molecule has 0 amide bonds. The third-order valence-corrected chi connectivity index (χ3v) is 2.76. The number of hydrogen-bond donors (Lipinski definition) is 3. The first-order chi connectivity index (χ1) is 9.79. The maximum Gasteiger partial charge on any atom is 0.142 e. The van der Waals surface area contributed by atoms with E-state index < -0.39 is 0 Å². The van der Waals surface area contributed by atoms with E-state index in [1.165, 1.54) is 0 Å². The van der Waals surface area contributed by atoms with Crippen LogP contribution in [0.3, 0.4) is 0 Å². The van der Waals surface area contributed by atoms with Gasteiger partial charge in [-0.15, -0.1) is 0 Å². The lowest BCUT2D eigenvalue weighted by Crippen LogP contribution is -2.04. The van der Waals surface area contributed by atoms with E-state index in [4.69, 9.17) is 5.21 Å². The van der Waals surface area contributed by atoms with Crippen molar-refractivity contribution in [3.63, 3.8) is 0 Å². The number of rotatable bonds is 6. The van der Waals surface area contributed by atoms with Crippen LogP contribution in [0.25, 0.3) is 0 Å². The molecule has 3 N–H and O–H groups in total. The van der Waals surface area contributed by atoms with E-state index in [0.717, 1.165) is 37.0 Å². The first-order valence-electron chi connectivity index (χ1n) is 6.30. The maximum absolute atomic E-state index is 9.50. The van der Waals surface area contributed by atoms with Crippen LogP contribution in [0.15, 0.2) is 41.8 Å². The van der Waals surface area contributed by atoms with Crippen molar-refractivity contribution in [2.24, 2.45) is 5.16 Å². The minimum absolute atomic E-state index is 0.00135. The Morgan fingerprint density at radius 1 is 1.20 bits per heavy atom. The first kappa shape index (κ1) is 13.8. The predicted molar refractivity (Wildman–Crippen MR) is 76.3 cm³/mol. The van der Waals surface area contributed by atoms with Crippen molar-refractivity contribution in [1.29, 1.82) is 0 Å².